The summed E-state index contributed by atoms with van der Waals surface area (Å²) in [5.41, 5.74) is 0.412. The predicted molar refractivity (Wildman–Crippen MR) is 163 cm³/mol. The number of rotatable bonds is 9. The van der Waals surface area contributed by atoms with Crippen LogP contribution in [0.15, 0.2) is 54.9 Å². The number of carbonyl (C=O) groups excluding carboxylic acids is 1. The van der Waals surface area contributed by atoms with E-state index in [2.05, 4.69) is 35.3 Å². The first-order valence-electron chi connectivity index (χ1n) is 19.7. The van der Waals surface area contributed by atoms with Crippen LogP contribution in [0.25, 0.3) is 27.9 Å². The molecule has 1 aliphatic heterocycles. The number of aromatic nitrogens is 6. The average molecular weight is 593 g/mol. The zero-order chi connectivity index (χ0) is 40.8. The number of amides is 1. The van der Waals surface area contributed by atoms with E-state index in [-0.39, 0.29) is 63.6 Å². The summed E-state index contributed by atoms with van der Waals surface area (Å²) in [5.74, 6) is -0.188. The first kappa shape index (κ1) is 16.1. The van der Waals surface area contributed by atoms with E-state index in [1.54, 1.807) is 24.3 Å². The minimum atomic E-state index is -3.29. The number of pyridine rings is 2. The molecule has 1 amide bonds. The molecule has 1 aliphatic carbocycles. The number of morpholine rings is 1. The summed E-state index contributed by atoms with van der Waals surface area (Å²) in [5, 5.41) is 15.8. The summed E-state index contributed by atoms with van der Waals surface area (Å²) in [6.45, 7) is -19.5. The fourth-order valence-electron chi connectivity index (χ4n) is 4.55. The molecule has 4 aromatic heterocycles. The van der Waals surface area contributed by atoms with Crippen LogP contribution in [0.2, 0.25) is 0 Å². The summed E-state index contributed by atoms with van der Waals surface area (Å²) in [6.07, 6.45) is 3.80. The quantitative estimate of drug-likeness (QED) is 0.269. The van der Waals surface area contributed by atoms with Crippen LogP contribution < -0.4 is 19.9 Å². The smallest absolute Gasteiger partial charge is 0.228 e. The van der Waals surface area contributed by atoms with Crippen molar-refractivity contribution >= 4 is 39.8 Å². The van der Waals surface area contributed by atoms with E-state index in [0.29, 0.717) is 29.1 Å². The first-order valence-corrected chi connectivity index (χ1v) is 13.2. The molecule has 1 N–H and O–H groups in total. The summed E-state index contributed by atoms with van der Waals surface area (Å²) in [6, 6.07) is 10.5. The van der Waals surface area contributed by atoms with E-state index < -0.39 is 39.5 Å². The van der Waals surface area contributed by atoms with Gasteiger partial charge in [-0.1, -0.05) is 12.1 Å². The van der Waals surface area contributed by atoms with Gasteiger partial charge in [-0.05, 0) is 55.6 Å². The van der Waals surface area contributed by atoms with Gasteiger partial charge in [0.05, 0.1) is 43.1 Å². The van der Waals surface area contributed by atoms with E-state index in [1.807, 2.05) is 0 Å². The molecule has 0 radical (unpaired) electrons. The first-order chi connectivity index (χ1) is 26.0. The minimum absolute atomic E-state index is 0.0275. The van der Waals surface area contributed by atoms with Crippen molar-refractivity contribution in [2.75, 3.05) is 54.8 Å². The number of ether oxygens (including phenoxy) is 2. The Hall–Kier alpha value is -4.84. The SMILES string of the molecule is [2H]C([2H])([2H])C([2H])([2H])N(Cc1ccc(OC)cc1)c1ncc(-c2nc3ccc(N4C([2H])([2H])C([2H])([2H])OC([2H])([2H])C4([2H])[2H])cn3n2)c2cc(NC(=O)C3CC3)nnc12. The second kappa shape index (κ2) is 11.4. The van der Waals surface area contributed by atoms with Gasteiger partial charge in [0.1, 0.15) is 11.3 Å². The Morgan fingerprint density at radius 1 is 1.21 bits per heavy atom. The third-order valence-corrected chi connectivity index (χ3v) is 6.93. The Balaban J connectivity index is 1.38. The van der Waals surface area contributed by atoms with E-state index in [9.17, 15) is 4.79 Å². The van der Waals surface area contributed by atoms with E-state index in [4.69, 9.17) is 22.6 Å². The summed E-state index contributed by atoms with van der Waals surface area (Å²) < 4.78 is 119. The lowest BCUT2D eigenvalue weighted by atomic mass is 10.1. The molecule has 0 unspecified atom stereocenters. The van der Waals surface area contributed by atoms with Gasteiger partial charge >= 0.3 is 0 Å². The van der Waals surface area contributed by atoms with Crippen LogP contribution in [-0.4, -0.2) is 75.4 Å². The average Bonchev–Trinajstić information content (AvgIpc) is 3.88. The van der Waals surface area contributed by atoms with Gasteiger partial charge in [-0.2, -0.15) is 0 Å². The lowest BCUT2D eigenvalue weighted by Crippen LogP contribution is -2.36. The topological polar surface area (TPSA) is 123 Å². The highest BCUT2D eigenvalue weighted by Gasteiger charge is 2.30. The minimum Gasteiger partial charge on any atom is -0.497 e. The molecule has 43 heavy (non-hydrogen) atoms. The zero-order valence-electron chi connectivity index (χ0n) is 35.7. The molecule has 12 nitrogen and oxygen atoms in total. The highest BCUT2D eigenvalue weighted by atomic mass is 16.5. The molecule has 220 valence electrons. The van der Waals surface area contributed by atoms with E-state index in [1.165, 1.54) is 31.5 Å². The summed E-state index contributed by atoms with van der Waals surface area (Å²) in [4.78, 5) is 23.0. The standard InChI is InChI=1S/C31H33N9O3/c1-3-38(18-20-4-9-23(42-2)10-5-20)30-28-24(16-26(35-36-28)33-31(41)21-6-7-21)25(17-32-30)29-34-27-11-8-22(19-40(27)37-29)39-12-14-43-15-13-39/h4-5,8-11,16-17,19,21H,3,6-7,12-15,18H2,1-2H3,(H,33,35,41)/i1D3,3D2,12D2,13D2,14D2,15D2. The maximum atomic E-state index is 12.7. The van der Waals surface area contributed by atoms with Crippen molar-refractivity contribution in [3.05, 3.63) is 60.4 Å². The third kappa shape index (κ3) is 5.53. The van der Waals surface area contributed by atoms with Crippen molar-refractivity contribution in [3.8, 4) is 17.1 Å². The van der Waals surface area contributed by atoms with Gasteiger partial charge in [0, 0.05) is 56.0 Å². The van der Waals surface area contributed by atoms with Gasteiger partial charge in [-0.25, -0.2) is 14.5 Å². The highest BCUT2D eigenvalue weighted by molar-refractivity contribution is 6.01. The van der Waals surface area contributed by atoms with Gasteiger partial charge in [-0.3, -0.25) is 4.79 Å². The van der Waals surface area contributed by atoms with Crippen molar-refractivity contribution in [1.29, 1.82) is 0 Å². The second-order valence-corrected chi connectivity index (χ2v) is 9.79. The lowest BCUT2D eigenvalue weighted by molar-refractivity contribution is -0.117. The summed E-state index contributed by atoms with van der Waals surface area (Å²) in [7, 11) is 1.48. The van der Waals surface area contributed by atoms with Crippen molar-refractivity contribution in [1.82, 2.24) is 29.8 Å². The molecule has 7 rings (SSSR count). The molecule has 5 heterocycles. The molecule has 2 fully saturated rings. The van der Waals surface area contributed by atoms with E-state index >= 15 is 0 Å². The molecule has 1 saturated heterocycles. The van der Waals surface area contributed by atoms with Crippen molar-refractivity contribution in [3.63, 3.8) is 0 Å². The molecular formula is C31H33N9O3. The third-order valence-electron chi connectivity index (χ3n) is 6.93. The summed E-state index contributed by atoms with van der Waals surface area (Å²) >= 11 is 0. The fraction of sp³-hybridized carbons (Fsp3) is 0.355. The number of hydrogen-bond donors (Lipinski definition) is 1. The number of carbonyl (C=O) groups is 1. The Morgan fingerprint density at radius 3 is 2.81 bits per heavy atom. The predicted octanol–water partition coefficient (Wildman–Crippen LogP) is 3.95. The fourth-order valence-corrected chi connectivity index (χ4v) is 4.55. The van der Waals surface area contributed by atoms with Gasteiger partial charge < -0.3 is 24.6 Å². The van der Waals surface area contributed by atoms with Crippen LogP contribution in [0.5, 0.6) is 5.75 Å². The number of fused-ring (bicyclic) bond motifs is 2. The van der Waals surface area contributed by atoms with Crippen LogP contribution in [0.4, 0.5) is 17.3 Å². The molecule has 1 saturated carbocycles. The molecule has 5 aromatic rings. The molecule has 0 atom stereocenters. The number of nitrogens with one attached hydrogen (secondary N) is 1. The molecule has 1 aromatic carbocycles. The number of hydrogen-bond acceptors (Lipinski definition) is 10. The van der Waals surface area contributed by atoms with Gasteiger partial charge in [0.2, 0.25) is 5.91 Å². The number of benzene rings is 1. The van der Waals surface area contributed by atoms with Crippen LogP contribution >= 0.6 is 0 Å². The van der Waals surface area contributed by atoms with Crippen LogP contribution in [0, 0.1) is 5.92 Å². The van der Waals surface area contributed by atoms with Gasteiger partial charge in [0.15, 0.2) is 23.1 Å². The van der Waals surface area contributed by atoms with Gasteiger partial charge in [0.25, 0.3) is 0 Å². The molecule has 12 heteroatoms. The number of nitrogens with zero attached hydrogens (tertiary/aromatic N) is 8. The number of methoxy groups -OCH3 is 1. The van der Waals surface area contributed by atoms with Crippen LogP contribution in [0.1, 0.15) is 43.1 Å². The van der Waals surface area contributed by atoms with Crippen molar-refractivity contribution < 1.29 is 32.1 Å². The zero-order valence-corrected chi connectivity index (χ0v) is 22.7. The van der Waals surface area contributed by atoms with Crippen LogP contribution in [-0.2, 0) is 16.1 Å². The second-order valence-electron chi connectivity index (χ2n) is 9.79. The number of anilines is 3. The normalized spacial score (nSPS) is 25.0. The molecule has 0 spiro atoms. The maximum absolute atomic E-state index is 12.7. The Labute approximate surface area is 266 Å². The van der Waals surface area contributed by atoms with E-state index in [0.717, 1.165) is 15.6 Å². The largest absolute Gasteiger partial charge is 0.497 e. The van der Waals surface area contributed by atoms with Crippen LogP contribution in [0.3, 0.4) is 0 Å². The molecule has 0 bridgehead atoms. The lowest BCUT2D eigenvalue weighted by Gasteiger charge is -2.28. The molecule has 2 aliphatic rings. The Kier molecular flexibility index (Phi) is 4.29. The van der Waals surface area contributed by atoms with Gasteiger partial charge in [-0.15, -0.1) is 15.3 Å². The van der Waals surface area contributed by atoms with Crippen molar-refractivity contribution in [2.24, 2.45) is 5.92 Å². The van der Waals surface area contributed by atoms with Crippen molar-refractivity contribution in [2.45, 2.75) is 26.2 Å². The molecular weight excluding hydrogens is 546 g/mol. The maximum Gasteiger partial charge on any atom is 0.228 e. The Morgan fingerprint density at radius 2 is 2.05 bits per heavy atom. The highest BCUT2D eigenvalue weighted by Crippen LogP contribution is 2.34. The Bertz CT molecular complexity index is 2310. The monoisotopic (exact) mass is 592 g/mol.